The van der Waals surface area contributed by atoms with Crippen molar-refractivity contribution in [2.75, 3.05) is 104 Å². The molecule has 1 atom stereocenters. The Labute approximate surface area is 408 Å². The molecule has 5 amide bonds. The van der Waals surface area contributed by atoms with Gasteiger partial charge in [-0.15, -0.1) is 0 Å². The number of carbonyl (C=O) groups is 5. The predicted octanol–water partition coefficient (Wildman–Crippen LogP) is 3.59. The molecule has 0 spiro atoms. The van der Waals surface area contributed by atoms with E-state index >= 15 is 8.78 Å². The molecular formula is C50H56F2N10O9. The Morgan fingerprint density at radius 3 is 2.24 bits per heavy atom. The Morgan fingerprint density at radius 1 is 0.775 bits per heavy atom. The highest BCUT2D eigenvalue weighted by molar-refractivity contribution is 6.23. The van der Waals surface area contributed by atoms with Gasteiger partial charge in [0.05, 0.1) is 106 Å². The van der Waals surface area contributed by atoms with E-state index in [0.29, 0.717) is 113 Å². The fourth-order valence-electron chi connectivity index (χ4n) is 9.22. The summed E-state index contributed by atoms with van der Waals surface area (Å²) in [5, 5.41) is 12.9. The highest BCUT2D eigenvalue weighted by atomic mass is 19.1. The van der Waals surface area contributed by atoms with Crippen LogP contribution < -0.4 is 16.0 Å². The second-order valence-electron chi connectivity index (χ2n) is 17.8. The third kappa shape index (κ3) is 11.9. The summed E-state index contributed by atoms with van der Waals surface area (Å²) in [6.07, 6.45) is 7.16. The number of para-hydroxylation sites is 1. The van der Waals surface area contributed by atoms with Crippen molar-refractivity contribution in [1.82, 2.24) is 45.1 Å². The van der Waals surface area contributed by atoms with E-state index in [-0.39, 0.29) is 54.6 Å². The topological polar surface area (TPSA) is 212 Å². The zero-order valence-corrected chi connectivity index (χ0v) is 39.2. The molecule has 2 aromatic heterocycles. The molecule has 19 nitrogen and oxygen atoms in total. The van der Waals surface area contributed by atoms with Crippen LogP contribution in [0.15, 0.2) is 67.1 Å². The number of anilines is 1. The number of imide groups is 2. The van der Waals surface area contributed by atoms with E-state index in [1.807, 2.05) is 21.8 Å². The number of likely N-dealkylation sites (tertiary alicyclic amines) is 1. The molecule has 9 rings (SSSR count). The lowest BCUT2D eigenvalue weighted by atomic mass is 10.0. The number of piperidine rings is 2. The Kier molecular flexibility index (Phi) is 16.0. The lowest BCUT2D eigenvalue weighted by Gasteiger charge is -2.31. The summed E-state index contributed by atoms with van der Waals surface area (Å²) >= 11 is 0. The first-order valence-corrected chi connectivity index (χ1v) is 24.0. The third-order valence-electron chi connectivity index (χ3n) is 13.0. The number of benzene rings is 3. The average Bonchev–Trinajstić information content (AvgIpc) is 3.96. The molecule has 0 saturated carbocycles. The zero-order valence-electron chi connectivity index (χ0n) is 39.2. The number of rotatable bonds is 21. The van der Waals surface area contributed by atoms with Gasteiger partial charge in [-0.25, -0.2) is 13.8 Å². The third-order valence-corrected chi connectivity index (χ3v) is 13.0. The number of fused-ring (bicyclic) bond motifs is 2. The summed E-state index contributed by atoms with van der Waals surface area (Å²) < 4.78 is 54.9. The maximum absolute atomic E-state index is 15.4. The number of carbonyl (C=O) groups excluding carboxylic acids is 5. The fourth-order valence-corrected chi connectivity index (χ4v) is 9.22. The standard InChI is InChI=1S/C50H56F2N10O9/c51-40-24-32(25-41(52)39(40)30-60-14-18-70-19-15-60)36-2-1-3-42-47(36)57-43(28-55-42)33-27-56-61(29-33)35-8-12-59(13-9-35)31-46(64)54-11-17-69-21-23-71-22-20-68-16-10-53-34-4-5-37-38(26-34)50(67)62(49(37)66)44-6-7-45(63)58-48(44)65/h1-5,24-29,35,44,53H,6-23,30-31H2,(H,54,64)(H,58,63,65). The van der Waals surface area contributed by atoms with Gasteiger partial charge in [0.1, 0.15) is 17.7 Å². The van der Waals surface area contributed by atoms with Crippen LogP contribution in [-0.4, -0.2) is 169 Å². The van der Waals surface area contributed by atoms with Crippen molar-refractivity contribution in [3.05, 3.63) is 95.4 Å². The summed E-state index contributed by atoms with van der Waals surface area (Å²) in [7, 11) is 0. The minimum Gasteiger partial charge on any atom is -0.383 e. The molecular weight excluding hydrogens is 923 g/mol. The van der Waals surface area contributed by atoms with E-state index in [1.54, 1.807) is 42.7 Å². The van der Waals surface area contributed by atoms with Crippen LogP contribution in [0.5, 0.6) is 0 Å². The number of morpholine rings is 1. The van der Waals surface area contributed by atoms with Crippen LogP contribution >= 0.6 is 0 Å². The fraction of sp³-hybridized carbons (Fsp3) is 0.440. The lowest BCUT2D eigenvalue weighted by molar-refractivity contribution is -0.136. The van der Waals surface area contributed by atoms with Crippen LogP contribution in [0, 0.1) is 11.6 Å². The van der Waals surface area contributed by atoms with Crippen LogP contribution in [0.2, 0.25) is 0 Å². The van der Waals surface area contributed by atoms with Gasteiger partial charge in [-0.1, -0.05) is 12.1 Å². The average molecular weight is 979 g/mol. The lowest BCUT2D eigenvalue weighted by Crippen LogP contribution is -2.54. The van der Waals surface area contributed by atoms with Gasteiger partial charge in [0.2, 0.25) is 17.7 Å². The molecule has 374 valence electrons. The molecule has 0 radical (unpaired) electrons. The maximum atomic E-state index is 15.4. The van der Waals surface area contributed by atoms with Gasteiger partial charge in [0, 0.05) is 80.8 Å². The highest BCUT2D eigenvalue weighted by Gasteiger charge is 2.44. The van der Waals surface area contributed by atoms with Gasteiger partial charge in [-0.2, -0.15) is 5.10 Å². The van der Waals surface area contributed by atoms with E-state index in [0.717, 1.165) is 36.4 Å². The number of nitrogens with one attached hydrogen (secondary N) is 3. The molecule has 1 unspecified atom stereocenters. The molecule has 4 aliphatic rings. The molecule has 5 aromatic rings. The molecule has 3 fully saturated rings. The Bertz CT molecular complexity index is 2740. The summed E-state index contributed by atoms with van der Waals surface area (Å²) in [6, 6.07) is 12.1. The first-order chi connectivity index (χ1) is 34.6. The smallest absolute Gasteiger partial charge is 0.262 e. The summed E-state index contributed by atoms with van der Waals surface area (Å²) in [5.74, 6) is -3.46. The molecule has 0 bridgehead atoms. The number of amides is 5. The number of halogens is 2. The second kappa shape index (κ2) is 23.1. The Morgan fingerprint density at radius 2 is 1.49 bits per heavy atom. The van der Waals surface area contributed by atoms with Crippen molar-refractivity contribution in [1.29, 1.82) is 0 Å². The SMILES string of the molecule is O=C(CN1CCC(n2cc(-c3cnc4cccc(-c5cc(F)c(CN6CCOCC6)c(F)c5)c4n3)cn2)CC1)NCCOCCOCCOCCNc1ccc2c(c1)C(=O)N(C1CCC(=O)NC1=O)C2=O. The molecule has 4 aliphatic heterocycles. The van der Waals surface area contributed by atoms with Crippen molar-refractivity contribution in [2.24, 2.45) is 0 Å². The maximum Gasteiger partial charge on any atom is 0.262 e. The van der Waals surface area contributed by atoms with Gasteiger partial charge < -0.3 is 29.6 Å². The summed E-state index contributed by atoms with van der Waals surface area (Å²) in [5.41, 5.74) is 4.57. The van der Waals surface area contributed by atoms with Gasteiger partial charge in [0.25, 0.3) is 11.8 Å². The predicted molar refractivity (Wildman–Crippen MR) is 254 cm³/mol. The van der Waals surface area contributed by atoms with Crippen LogP contribution in [0.1, 0.15) is 58.0 Å². The minimum absolute atomic E-state index is 0.0402. The zero-order chi connectivity index (χ0) is 49.3. The van der Waals surface area contributed by atoms with Gasteiger partial charge in [-0.05, 0) is 61.2 Å². The molecule has 0 aliphatic carbocycles. The van der Waals surface area contributed by atoms with Crippen LogP contribution in [-0.2, 0) is 39.9 Å². The molecule has 3 N–H and O–H groups in total. The van der Waals surface area contributed by atoms with E-state index < -0.39 is 41.3 Å². The number of hydrogen-bond donors (Lipinski definition) is 3. The molecule has 71 heavy (non-hydrogen) atoms. The van der Waals surface area contributed by atoms with Crippen molar-refractivity contribution in [3.8, 4) is 22.4 Å². The van der Waals surface area contributed by atoms with E-state index in [4.69, 9.17) is 23.9 Å². The minimum atomic E-state index is -1.01. The van der Waals surface area contributed by atoms with Gasteiger partial charge >= 0.3 is 0 Å². The summed E-state index contributed by atoms with van der Waals surface area (Å²) in [4.78, 5) is 77.0. The monoisotopic (exact) mass is 978 g/mol. The second-order valence-corrected chi connectivity index (χ2v) is 17.8. The summed E-state index contributed by atoms with van der Waals surface area (Å²) in [6.45, 7) is 7.24. The van der Waals surface area contributed by atoms with Crippen LogP contribution in [0.3, 0.4) is 0 Å². The number of nitrogens with zero attached hydrogens (tertiary/aromatic N) is 7. The van der Waals surface area contributed by atoms with E-state index in [9.17, 15) is 24.0 Å². The van der Waals surface area contributed by atoms with Gasteiger partial charge in [0.15, 0.2) is 0 Å². The van der Waals surface area contributed by atoms with E-state index in [1.165, 1.54) is 12.1 Å². The molecule has 3 saturated heterocycles. The first-order valence-electron chi connectivity index (χ1n) is 24.0. The van der Waals surface area contributed by atoms with Crippen molar-refractivity contribution in [3.63, 3.8) is 0 Å². The van der Waals surface area contributed by atoms with Crippen molar-refractivity contribution in [2.45, 2.75) is 44.3 Å². The highest BCUT2D eigenvalue weighted by Crippen LogP contribution is 2.33. The number of aromatic nitrogens is 4. The van der Waals surface area contributed by atoms with Gasteiger partial charge in [-0.3, -0.25) is 53.7 Å². The van der Waals surface area contributed by atoms with Crippen LogP contribution in [0.4, 0.5) is 14.5 Å². The normalized spacial score (nSPS) is 18.1. The Hall–Kier alpha value is -6.62. The molecule has 6 heterocycles. The number of ether oxygens (including phenoxy) is 4. The largest absolute Gasteiger partial charge is 0.383 e. The molecule has 3 aromatic carbocycles. The first kappa shape index (κ1) is 49.4. The van der Waals surface area contributed by atoms with E-state index in [2.05, 4.69) is 30.9 Å². The van der Waals surface area contributed by atoms with Crippen molar-refractivity contribution < 1.29 is 51.7 Å². The number of hydrogen-bond acceptors (Lipinski definition) is 15. The van der Waals surface area contributed by atoms with Crippen LogP contribution in [0.25, 0.3) is 33.4 Å². The Balaban J connectivity index is 0.626. The quantitative estimate of drug-likeness (QED) is 0.0709. The van der Waals surface area contributed by atoms with Crippen molar-refractivity contribution >= 4 is 46.3 Å². The molecule has 21 heteroatoms.